The number of aliphatic imine (C=N–C) groups is 1. The molecule has 1 rings (SSSR count). The van der Waals surface area contributed by atoms with Crippen LogP contribution in [0.25, 0.3) is 0 Å². The van der Waals surface area contributed by atoms with Crippen molar-refractivity contribution in [1.82, 2.24) is 5.32 Å². The summed E-state index contributed by atoms with van der Waals surface area (Å²) in [6.07, 6.45) is 0. The molecule has 0 aliphatic rings. The molecule has 0 aliphatic heterocycles. The van der Waals surface area contributed by atoms with Gasteiger partial charge in [0.05, 0.1) is 13.2 Å². The van der Waals surface area contributed by atoms with Crippen molar-refractivity contribution in [1.29, 1.82) is 0 Å². The van der Waals surface area contributed by atoms with Crippen LogP contribution < -0.4 is 16.0 Å². The Hall–Kier alpha value is -1.02. The van der Waals surface area contributed by atoms with Crippen LogP contribution in [-0.2, 0) is 4.74 Å². The third kappa shape index (κ3) is 7.52. The molecule has 1 aromatic rings. The minimum atomic E-state index is 0. The Morgan fingerprint density at radius 1 is 1.38 bits per heavy atom. The Labute approximate surface area is 145 Å². The average molecular weight is 406 g/mol. The molecule has 0 aliphatic carbocycles. The lowest BCUT2D eigenvalue weighted by atomic mass is 10.2. The van der Waals surface area contributed by atoms with Gasteiger partial charge in [-0.2, -0.15) is 0 Å². The molecule has 5 nitrogen and oxygen atoms in total. The predicted molar refractivity (Wildman–Crippen MR) is 101 cm³/mol. The minimum absolute atomic E-state index is 0. The van der Waals surface area contributed by atoms with Gasteiger partial charge in [-0.1, -0.05) is 18.2 Å². The van der Waals surface area contributed by atoms with Gasteiger partial charge in [-0.15, -0.1) is 24.0 Å². The van der Waals surface area contributed by atoms with Crippen LogP contribution in [0.15, 0.2) is 29.3 Å². The molecule has 0 atom stereocenters. The molecule has 0 unspecified atom stereocenters. The first-order valence-electron chi connectivity index (χ1n) is 7.02. The van der Waals surface area contributed by atoms with Crippen LogP contribution in [0, 0.1) is 6.92 Å². The molecule has 6 heteroatoms. The van der Waals surface area contributed by atoms with Crippen LogP contribution in [0.3, 0.4) is 0 Å². The van der Waals surface area contributed by atoms with Crippen molar-refractivity contribution >= 4 is 35.6 Å². The number of nitrogens with two attached hydrogens (primary N) is 1. The largest absolute Gasteiger partial charge is 0.383 e. The Morgan fingerprint density at radius 3 is 2.71 bits per heavy atom. The molecular weight excluding hydrogens is 379 g/mol. The Morgan fingerprint density at radius 2 is 2.10 bits per heavy atom. The van der Waals surface area contributed by atoms with E-state index in [0.717, 1.165) is 19.6 Å². The maximum Gasteiger partial charge on any atom is 0.188 e. The second kappa shape index (κ2) is 11.6. The van der Waals surface area contributed by atoms with Crippen LogP contribution in [0.5, 0.6) is 0 Å². The monoisotopic (exact) mass is 406 g/mol. The SMILES string of the molecule is CCN(CCNC(N)=NCCOC)c1ccccc1C.I. The number of hydrogen-bond acceptors (Lipinski definition) is 3. The average Bonchev–Trinajstić information content (AvgIpc) is 2.45. The van der Waals surface area contributed by atoms with E-state index < -0.39 is 0 Å². The molecule has 1 aromatic carbocycles. The molecule has 0 heterocycles. The van der Waals surface area contributed by atoms with Gasteiger partial charge in [0.1, 0.15) is 0 Å². The van der Waals surface area contributed by atoms with Gasteiger partial charge >= 0.3 is 0 Å². The van der Waals surface area contributed by atoms with Crippen LogP contribution in [-0.4, -0.2) is 45.9 Å². The number of anilines is 1. The number of halogens is 1. The van der Waals surface area contributed by atoms with Crippen molar-refractivity contribution in [3.8, 4) is 0 Å². The summed E-state index contributed by atoms with van der Waals surface area (Å²) in [5, 5.41) is 3.13. The standard InChI is InChI=1S/C15H26N4O.HI/c1-4-19(14-8-6-5-7-13(14)2)11-9-17-15(16)18-10-12-20-3;/h5-8H,4,9-12H2,1-3H3,(H3,16,17,18);1H. The Balaban J connectivity index is 0.00000400. The third-order valence-electron chi connectivity index (χ3n) is 3.10. The number of hydrogen-bond donors (Lipinski definition) is 2. The lowest BCUT2D eigenvalue weighted by Gasteiger charge is -2.25. The summed E-state index contributed by atoms with van der Waals surface area (Å²) < 4.78 is 4.92. The summed E-state index contributed by atoms with van der Waals surface area (Å²) in [5.74, 6) is 0.475. The lowest BCUT2D eigenvalue weighted by Crippen LogP contribution is -2.39. The molecule has 3 N–H and O–H groups in total. The summed E-state index contributed by atoms with van der Waals surface area (Å²) >= 11 is 0. The summed E-state index contributed by atoms with van der Waals surface area (Å²) in [5.41, 5.74) is 8.33. The van der Waals surface area contributed by atoms with Gasteiger partial charge < -0.3 is 20.7 Å². The van der Waals surface area contributed by atoms with Crippen LogP contribution in [0.2, 0.25) is 0 Å². The van der Waals surface area contributed by atoms with Gasteiger partial charge in [-0.05, 0) is 25.5 Å². The summed E-state index contributed by atoms with van der Waals surface area (Å²) in [7, 11) is 1.65. The van der Waals surface area contributed by atoms with Crippen molar-refractivity contribution in [2.75, 3.05) is 44.8 Å². The maximum atomic E-state index is 5.78. The minimum Gasteiger partial charge on any atom is -0.383 e. The number of nitrogens with zero attached hydrogens (tertiary/aromatic N) is 2. The van der Waals surface area contributed by atoms with Crippen LogP contribution in [0.4, 0.5) is 5.69 Å². The quantitative estimate of drug-likeness (QED) is 0.300. The fraction of sp³-hybridized carbons (Fsp3) is 0.533. The highest BCUT2D eigenvalue weighted by Crippen LogP contribution is 2.18. The normalized spacial score (nSPS) is 10.9. The molecule has 0 saturated heterocycles. The topological polar surface area (TPSA) is 62.9 Å². The molecule has 0 aromatic heterocycles. The van der Waals surface area contributed by atoms with Crippen LogP contribution >= 0.6 is 24.0 Å². The summed E-state index contributed by atoms with van der Waals surface area (Å²) in [6, 6.07) is 8.41. The molecule has 0 saturated carbocycles. The second-order valence-corrected chi connectivity index (χ2v) is 4.55. The van der Waals surface area contributed by atoms with Crippen LogP contribution in [0.1, 0.15) is 12.5 Å². The number of likely N-dealkylation sites (N-methyl/N-ethyl adjacent to an activating group) is 1. The van der Waals surface area contributed by atoms with E-state index in [2.05, 4.69) is 53.3 Å². The fourth-order valence-corrected chi connectivity index (χ4v) is 2.00. The van der Waals surface area contributed by atoms with Gasteiger partial charge in [0.25, 0.3) is 0 Å². The van der Waals surface area contributed by atoms with E-state index in [1.54, 1.807) is 7.11 Å². The zero-order chi connectivity index (χ0) is 14.8. The number of benzene rings is 1. The van der Waals surface area contributed by atoms with E-state index in [1.807, 2.05) is 0 Å². The van der Waals surface area contributed by atoms with E-state index in [-0.39, 0.29) is 24.0 Å². The molecule has 120 valence electrons. The molecule has 0 spiro atoms. The smallest absolute Gasteiger partial charge is 0.188 e. The molecule has 0 fully saturated rings. The highest BCUT2D eigenvalue weighted by atomic mass is 127. The first-order chi connectivity index (χ1) is 9.69. The first kappa shape index (κ1) is 20.0. The van der Waals surface area contributed by atoms with Gasteiger partial charge in [0.2, 0.25) is 0 Å². The number of ether oxygens (including phenoxy) is 1. The summed E-state index contributed by atoms with van der Waals surface area (Å²) in [6.45, 7) is 8.09. The second-order valence-electron chi connectivity index (χ2n) is 4.55. The predicted octanol–water partition coefficient (Wildman–Crippen LogP) is 1.99. The van der Waals surface area contributed by atoms with Crippen molar-refractivity contribution < 1.29 is 4.74 Å². The van der Waals surface area contributed by atoms with E-state index in [0.29, 0.717) is 19.1 Å². The Kier molecular flexibility index (Phi) is 11.1. The third-order valence-corrected chi connectivity index (χ3v) is 3.10. The van der Waals surface area contributed by atoms with Crippen molar-refractivity contribution in [3.05, 3.63) is 29.8 Å². The molecule has 21 heavy (non-hydrogen) atoms. The lowest BCUT2D eigenvalue weighted by molar-refractivity contribution is 0.208. The number of methoxy groups -OCH3 is 1. The van der Waals surface area contributed by atoms with Crippen molar-refractivity contribution in [3.63, 3.8) is 0 Å². The highest BCUT2D eigenvalue weighted by molar-refractivity contribution is 14.0. The molecule has 0 bridgehead atoms. The number of guanidine groups is 1. The maximum absolute atomic E-state index is 5.78. The zero-order valence-corrected chi connectivity index (χ0v) is 15.5. The number of rotatable bonds is 8. The number of para-hydroxylation sites is 1. The van der Waals surface area contributed by atoms with Gasteiger partial charge in [0, 0.05) is 32.4 Å². The highest BCUT2D eigenvalue weighted by Gasteiger charge is 2.06. The van der Waals surface area contributed by atoms with E-state index in [1.165, 1.54) is 11.3 Å². The molecule has 0 amide bonds. The summed E-state index contributed by atoms with van der Waals surface area (Å²) in [4.78, 5) is 6.49. The number of aryl methyl sites for hydroxylation is 1. The van der Waals surface area contributed by atoms with E-state index in [9.17, 15) is 0 Å². The van der Waals surface area contributed by atoms with Gasteiger partial charge in [0.15, 0.2) is 5.96 Å². The first-order valence-corrected chi connectivity index (χ1v) is 7.02. The van der Waals surface area contributed by atoms with Crippen molar-refractivity contribution in [2.24, 2.45) is 10.7 Å². The van der Waals surface area contributed by atoms with E-state index >= 15 is 0 Å². The van der Waals surface area contributed by atoms with Gasteiger partial charge in [-0.25, -0.2) is 0 Å². The zero-order valence-electron chi connectivity index (χ0n) is 13.1. The number of nitrogens with one attached hydrogen (secondary N) is 1. The molecular formula is C15H27IN4O. The van der Waals surface area contributed by atoms with Gasteiger partial charge in [-0.3, -0.25) is 4.99 Å². The fourth-order valence-electron chi connectivity index (χ4n) is 2.00. The van der Waals surface area contributed by atoms with E-state index in [4.69, 9.17) is 10.5 Å². The Bertz CT molecular complexity index is 426. The molecule has 0 radical (unpaired) electrons. The van der Waals surface area contributed by atoms with Crippen molar-refractivity contribution in [2.45, 2.75) is 13.8 Å².